The van der Waals surface area contributed by atoms with E-state index in [4.69, 9.17) is 0 Å². The van der Waals surface area contributed by atoms with Gasteiger partial charge in [-0.3, -0.25) is 4.72 Å². The van der Waals surface area contributed by atoms with Crippen LogP contribution in [0.3, 0.4) is 0 Å². The molecule has 0 amide bonds. The molecule has 1 aromatic heterocycles. The molecule has 1 aliphatic heterocycles. The number of pyridine rings is 1. The number of hydrogen-bond acceptors (Lipinski definition) is 6. The number of aromatic nitrogens is 1. The summed E-state index contributed by atoms with van der Waals surface area (Å²) in [6.45, 7) is 6.10. The smallest absolute Gasteiger partial charge is 0.339 e. The van der Waals surface area contributed by atoms with Crippen molar-refractivity contribution in [3.8, 4) is 0 Å². The van der Waals surface area contributed by atoms with Crippen LogP contribution in [0, 0.1) is 6.92 Å². The van der Waals surface area contributed by atoms with Crippen molar-refractivity contribution in [1.29, 1.82) is 0 Å². The summed E-state index contributed by atoms with van der Waals surface area (Å²) < 4.78 is 25.1. The van der Waals surface area contributed by atoms with Crippen LogP contribution in [0.2, 0.25) is 0 Å². The lowest BCUT2D eigenvalue weighted by atomic mass is 10.1. The summed E-state index contributed by atoms with van der Waals surface area (Å²) in [6.07, 6.45) is 2.36. The van der Waals surface area contributed by atoms with Gasteiger partial charge < -0.3 is 14.9 Å². The molecular weight excluding hydrogens is 380 g/mol. The maximum Gasteiger partial charge on any atom is 0.339 e. The van der Waals surface area contributed by atoms with Crippen molar-refractivity contribution in [1.82, 2.24) is 4.98 Å². The number of anilines is 3. The van der Waals surface area contributed by atoms with Crippen LogP contribution in [0.1, 0.15) is 22.8 Å². The van der Waals surface area contributed by atoms with Crippen molar-refractivity contribution in [3.05, 3.63) is 47.7 Å². The molecule has 28 heavy (non-hydrogen) atoms. The molecule has 1 fully saturated rings. The zero-order chi connectivity index (χ0) is 20.5. The maximum atomic E-state index is 11.7. The van der Waals surface area contributed by atoms with Gasteiger partial charge in [-0.1, -0.05) is 12.1 Å². The number of rotatable bonds is 5. The first kappa shape index (κ1) is 19.9. The molecule has 9 heteroatoms. The van der Waals surface area contributed by atoms with Crippen LogP contribution in [0.4, 0.5) is 17.2 Å². The van der Waals surface area contributed by atoms with Crippen molar-refractivity contribution < 1.29 is 18.3 Å². The molecule has 0 aliphatic carbocycles. The third kappa shape index (κ3) is 4.53. The third-order valence-electron chi connectivity index (χ3n) is 4.66. The summed E-state index contributed by atoms with van der Waals surface area (Å²) in [5, 5.41) is 9.59. The van der Waals surface area contributed by atoms with Crippen LogP contribution < -0.4 is 14.5 Å². The number of benzene rings is 1. The van der Waals surface area contributed by atoms with Gasteiger partial charge in [0.25, 0.3) is 0 Å². The topological polar surface area (TPSA) is 103 Å². The molecule has 0 unspecified atom stereocenters. The van der Waals surface area contributed by atoms with Gasteiger partial charge >= 0.3 is 5.97 Å². The first-order valence-electron chi connectivity index (χ1n) is 8.93. The Morgan fingerprint density at radius 1 is 1.29 bits per heavy atom. The number of nitrogens with zero attached hydrogens (tertiary/aromatic N) is 3. The van der Waals surface area contributed by atoms with E-state index < -0.39 is 16.0 Å². The molecule has 2 heterocycles. The number of nitrogens with one attached hydrogen (secondary N) is 1. The molecule has 0 bridgehead atoms. The molecule has 1 aromatic carbocycles. The summed E-state index contributed by atoms with van der Waals surface area (Å²) in [5.74, 6) is -0.796. The van der Waals surface area contributed by atoms with E-state index in [1.165, 1.54) is 17.8 Å². The Bertz CT molecular complexity index is 993. The second kappa shape index (κ2) is 7.67. The quantitative estimate of drug-likeness (QED) is 0.787. The number of aromatic carboxylic acids is 1. The van der Waals surface area contributed by atoms with Crippen molar-refractivity contribution in [2.24, 2.45) is 0 Å². The highest BCUT2D eigenvalue weighted by Gasteiger charge is 2.28. The van der Waals surface area contributed by atoms with Gasteiger partial charge in [-0.2, -0.15) is 0 Å². The lowest BCUT2D eigenvalue weighted by Crippen LogP contribution is -2.52. The highest BCUT2D eigenvalue weighted by Crippen LogP contribution is 2.27. The minimum atomic E-state index is -3.51. The Kier molecular flexibility index (Phi) is 5.46. The number of hydrogen-bond donors (Lipinski definition) is 2. The highest BCUT2D eigenvalue weighted by atomic mass is 32.2. The molecule has 0 saturated carbocycles. The lowest BCUT2D eigenvalue weighted by Gasteiger charge is -2.42. The van der Waals surface area contributed by atoms with Crippen molar-refractivity contribution in [3.63, 3.8) is 0 Å². The van der Waals surface area contributed by atoms with E-state index in [1.54, 1.807) is 0 Å². The molecule has 8 nitrogen and oxygen atoms in total. The van der Waals surface area contributed by atoms with Gasteiger partial charge in [-0.15, -0.1) is 0 Å². The Labute approximate surface area is 164 Å². The summed E-state index contributed by atoms with van der Waals surface area (Å²) >= 11 is 0. The molecule has 1 aliphatic rings. The van der Waals surface area contributed by atoms with Gasteiger partial charge in [0.2, 0.25) is 10.0 Å². The monoisotopic (exact) mass is 404 g/mol. The van der Waals surface area contributed by atoms with Gasteiger partial charge in [0.15, 0.2) is 0 Å². The number of carboxylic acid groups (broad SMARTS) is 1. The first-order valence-corrected chi connectivity index (χ1v) is 10.8. The predicted molar refractivity (Wildman–Crippen MR) is 110 cm³/mol. The molecule has 150 valence electrons. The Morgan fingerprint density at radius 3 is 2.64 bits per heavy atom. The molecular formula is C19H24N4O4S. The highest BCUT2D eigenvalue weighted by molar-refractivity contribution is 7.92. The number of aryl methyl sites for hydroxylation is 1. The Morgan fingerprint density at radius 2 is 2.04 bits per heavy atom. The molecule has 2 N–H and O–H groups in total. The van der Waals surface area contributed by atoms with Crippen molar-refractivity contribution >= 4 is 33.2 Å². The number of carbonyl (C=O) groups is 1. The fraction of sp³-hybridized carbons (Fsp3) is 0.368. The van der Waals surface area contributed by atoms with Gasteiger partial charge in [0.05, 0.1) is 18.1 Å². The van der Waals surface area contributed by atoms with Crippen LogP contribution in [0.15, 0.2) is 36.5 Å². The van der Waals surface area contributed by atoms with E-state index in [9.17, 15) is 18.3 Å². The van der Waals surface area contributed by atoms with Gasteiger partial charge in [0, 0.05) is 31.4 Å². The largest absolute Gasteiger partial charge is 0.478 e. The number of sulfonamides is 1. The first-order chi connectivity index (χ1) is 13.1. The van der Waals surface area contributed by atoms with Gasteiger partial charge in [0.1, 0.15) is 11.4 Å². The maximum absolute atomic E-state index is 11.7. The fourth-order valence-electron chi connectivity index (χ4n) is 3.48. The molecule has 3 rings (SSSR count). The van der Waals surface area contributed by atoms with Crippen molar-refractivity contribution in [2.75, 3.05) is 40.4 Å². The molecule has 0 radical (unpaired) electrons. The normalized spacial score (nSPS) is 17.5. The Balaban J connectivity index is 1.83. The van der Waals surface area contributed by atoms with E-state index in [0.717, 1.165) is 18.5 Å². The van der Waals surface area contributed by atoms with E-state index in [2.05, 4.69) is 46.7 Å². The zero-order valence-electron chi connectivity index (χ0n) is 16.1. The summed E-state index contributed by atoms with van der Waals surface area (Å²) in [6, 6.07) is 9.77. The fourth-order valence-corrected chi connectivity index (χ4v) is 4.02. The van der Waals surface area contributed by atoms with Crippen LogP contribution in [0.5, 0.6) is 0 Å². The predicted octanol–water partition coefficient (Wildman–Crippen LogP) is 2.17. The average molecular weight is 404 g/mol. The molecule has 1 saturated heterocycles. The number of carboxylic acids is 1. The standard InChI is InChI=1S/C19H24N4O4S/c1-13-5-4-6-16(9-13)23-8-7-22(12-14(23)2)18-17(19(24)25)10-15(11-20-18)21-28(3,26)27/h4-6,9-11,14,21H,7-8,12H2,1-3H3,(H,24,25)/t14-/m1/s1. The van der Waals surface area contributed by atoms with E-state index in [-0.39, 0.29) is 17.3 Å². The zero-order valence-corrected chi connectivity index (χ0v) is 16.9. The minimum absolute atomic E-state index is 0.0233. The van der Waals surface area contributed by atoms with E-state index in [0.29, 0.717) is 18.9 Å². The SMILES string of the molecule is Cc1cccc(N2CCN(c3ncc(NS(C)(=O)=O)cc3C(=O)O)C[C@H]2C)c1. The van der Waals surface area contributed by atoms with Crippen LogP contribution in [-0.4, -0.2) is 56.4 Å². The Hall–Kier alpha value is -2.81. The van der Waals surface area contributed by atoms with Crippen LogP contribution in [0.25, 0.3) is 0 Å². The van der Waals surface area contributed by atoms with Gasteiger partial charge in [-0.25, -0.2) is 18.2 Å². The second-order valence-electron chi connectivity index (χ2n) is 7.10. The molecule has 2 aromatic rings. The third-order valence-corrected chi connectivity index (χ3v) is 5.27. The minimum Gasteiger partial charge on any atom is -0.478 e. The summed E-state index contributed by atoms with van der Waals surface area (Å²) in [7, 11) is -3.51. The van der Waals surface area contributed by atoms with Crippen molar-refractivity contribution in [2.45, 2.75) is 19.9 Å². The number of piperazine rings is 1. The summed E-state index contributed by atoms with van der Waals surface area (Å²) in [4.78, 5) is 20.2. The average Bonchev–Trinajstić information content (AvgIpc) is 2.60. The lowest BCUT2D eigenvalue weighted by molar-refractivity contribution is 0.0697. The van der Waals surface area contributed by atoms with E-state index in [1.807, 2.05) is 11.0 Å². The molecule has 1 atom stereocenters. The van der Waals surface area contributed by atoms with Gasteiger partial charge in [-0.05, 0) is 37.6 Å². The van der Waals surface area contributed by atoms with Crippen LogP contribution in [-0.2, 0) is 10.0 Å². The van der Waals surface area contributed by atoms with Crippen LogP contribution >= 0.6 is 0 Å². The second-order valence-corrected chi connectivity index (χ2v) is 8.85. The summed E-state index contributed by atoms with van der Waals surface area (Å²) in [5.41, 5.74) is 2.45. The molecule has 0 spiro atoms. The van der Waals surface area contributed by atoms with E-state index >= 15 is 0 Å².